The van der Waals surface area contributed by atoms with E-state index in [1.807, 2.05) is 12.1 Å². The van der Waals surface area contributed by atoms with Crippen LogP contribution in [-0.4, -0.2) is 30.1 Å². The van der Waals surface area contributed by atoms with Crippen LogP contribution in [0.4, 0.5) is 4.39 Å². The number of rotatable bonds is 3. The van der Waals surface area contributed by atoms with Gasteiger partial charge in [-0.1, -0.05) is 18.2 Å². The van der Waals surface area contributed by atoms with E-state index in [-0.39, 0.29) is 5.82 Å². The topological polar surface area (TPSA) is 15.3 Å². The van der Waals surface area contributed by atoms with Gasteiger partial charge in [0.15, 0.2) is 0 Å². The fourth-order valence-corrected chi connectivity index (χ4v) is 3.04. The molecule has 2 atom stereocenters. The van der Waals surface area contributed by atoms with E-state index in [1.165, 1.54) is 12.8 Å². The normalized spacial score (nSPS) is 29.2. The molecule has 2 unspecified atom stereocenters. The molecule has 0 radical (unpaired) electrons. The fraction of sp³-hybridized carbons (Fsp3) is 0.625. The number of halogens is 1. The summed E-state index contributed by atoms with van der Waals surface area (Å²) in [6.45, 7) is 5.15. The molecular weight excluding hydrogens is 239 g/mol. The Hall–Kier alpha value is -0.930. The molecule has 3 rings (SSSR count). The zero-order valence-corrected chi connectivity index (χ0v) is 11.6. The highest BCUT2D eigenvalue weighted by Crippen LogP contribution is 2.34. The maximum atomic E-state index is 13.8. The molecule has 3 heteroatoms. The molecule has 1 saturated heterocycles. The molecule has 0 amide bonds. The van der Waals surface area contributed by atoms with Crippen molar-refractivity contribution in [2.75, 3.05) is 13.1 Å². The van der Waals surface area contributed by atoms with Crippen molar-refractivity contribution < 1.29 is 4.39 Å². The molecule has 2 nitrogen and oxygen atoms in total. The van der Waals surface area contributed by atoms with Crippen molar-refractivity contribution in [2.45, 2.75) is 44.8 Å². The van der Waals surface area contributed by atoms with Gasteiger partial charge in [0.1, 0.15) is 5.82 Å². The van der Waals surface area contributed by atoms with Crippen LogP contribution >= 0.6 is 0 Å². The molecule has 1 aromatic rings. The summed E-state index contributed by atoms with van der Waals surface area (Å²) >= 11 is 0. The average Bonchev–Trinajstić information content (AvgIpc) is 3.22. The Kier molecular flexibility index (Phi) is 3.85. The number of nitrogens with zero attached hydrogens (tertiary/aromatic N) is 1. The second kappa shape index (κ2) is 5.59. The van der Waals surface area contributed by atoms with E-state index >= 15 is 0 Å². The number of nitrogens with one attached hydrogen (secondary N) is 1. The molecular formula is C16H23FN2. The molecule has 1 saturated carbocycles. The van der Waals surface area contributed by atoms with Crippen molar-refractivity contribution in [3.8, 4) is 0 Å². The summed E-state index contributed by atoms with van der Waals surface area (Å²) in [5.74, 6) is 0.781. The minimum Gasteiger partial charge on any atom is -0.312 e. The Morgan fingerprint density at radius 2 is 2.05 bits per heavy atom. The van der Waals surface area contributed by atoms with Crippen molar-refractivity contribution >= 4 is 0 Å². The third-order valence-corrected chi connectivity index (χ3v) is 4.55. The van der Waals surface area contributed by atoms with E-state index in [1.54, 1.807) is 12.1 Å². The van der Waals surface area contributed by atoms with Crippen LogP contribution in [-0.2, 0) is 6.54 Å². The lowest BCUT2D eigenvalue weighted by Gasteiger charge is -2.29. The minimum atomic E-state index is -0.0742. The first-order chi connectivity index (χ1) is 9.24. The van der Waals surface area contributed by atoms with Gasteiger partial charge in [0.25, 0.3) is 0 Å². The third kappa shape index (κ3) is 3.15. The first kappa shape index (κ1) is 13.1. The van der Waals surface area contributed by atoms with Crippen molar-refractivity contribution in [3.05, 3.63) is 35.6 Å². The van der Waals surface area contributed by atoms with Gasteiger partial charge in [-0.2, -0.15) is 0 Å². The zero-order valence-electron chi connectivity index (χ0n) is 11.6. The van der Waals surface area contributed by atoms with E-state index in [0.29, 0.717) is 12.1 Å². The second-order valence-corrected chi connectivity index (χ2v) is 6.06. The Bertz CT molecular complexity index is 431. The van der Waals surface area contributed by atoms with E-state index in [9.17, 15) is 4.39 Å². The smallest absolute Gasteiger partial charge is 0.127 e. The maximum Gasteiger partial charge on any atom is 0.127 e. The summed E-state index contributed by atoms with van der Waals surface area (Å²) in [5, 5.41) is 3.67. The van der Waals surface area contributed by atoms with E-state index in [4.69, 9.17) is 0 Å². The third-order valence-electron chi connectivity index (χ3n) is 4.55. The standard InChI is InChI=1S/C16H23FN2/c1-12-8-9-18-16(13-6-7-13)11-19(12)10-14-4-2-3-5-15(14)17/h2-5,12-13,16,18H,6-11H2,1H3. The second-order valence-electron chi connectivity index (χ2n) is 6.06. The van der Waals surface area contributed by atoms with Crippen LogP contribution in [0.2, 0.25) is 0 Å². The van der Waals surface area contributed by atoms with Crippen molar-refractivity contribution in [1.82, 2.24) is 10.2 Å². The van der Waals surface area contributed by atoms with Crippen molar-refractivity contribution in [1.29, 1.82) is 0 Å². The maximum absolute atomic E-state index is 13.8. The highest BCUT2D eigenvalue weighted by Gasteiger charge is 2.34. The van der Waals surface area contributed by atoms with E-state index in [0.717, 1.165) is 37.5 Å². The predicted octanol–water partition coefficient (Wildman–Crippen LogP) is 2.79. The van der Waals surface area contributed by atoms with Crippen molar-refractivity contribution in [2.24, 2.45) is 5.92 Å². The van der Waals surface area contributed by atoms with Gasteiger partial charge < -0.3 is 5.32 Å². The summed E-state index contributed by atoms with van der Waals surface area (Å²) in [7, 11) is 0. The Morgan fingerprint density at radius 3 is 2.79 bits per heavy atom. The van der Waals surface area contributed by atoms with Crippen LogP contribution in [0.15, 0.2) is 24.3 Å². The van der Waals surface area contributed by atoms with Crippen LogP contribution < -0.4 is 5.32 Å². The minimum absolute atomic E-state index is 0.0742. The van der Waals surface area contributed by atoms with Gasteiger partial charge in [0.05, 0.1) is 0 Å². The van der Waals surface area contributed by atoms with Crippen LogP contribution in [0.3, 0.4) is 0 Å². The first-order valence-corrected chi connectivity index (χ1v) is 7.45. The Morgan fingerprint density at radius 1 is 1.26 bits per heavy atom. The Balaban J connectivity index is 1.71. The monoisotopic (exact) mass is 262 g/mol. The summed E-state index contributed by atoms with van der Waals surface area (Å²) in [6, 6.07) is 8.30. The number of hydrogen-bond donors (Lipinski definition) is 1. The molecule has 1 aliphatic heterocycles. The highest BCUT2D eigenvalue weighted by atomic mass is 19.1. The van der Waals surface area contributed by atoms with E-state index in [2.05, 4.69) is 17.1 Å². The van der Waals surface area contributed by atoms with Gasteiger partial charge in [0.2, 0.25) is 0 Å². The molecule has 104 valence electrons. The Labute approximate surface area is 115 Å². The van der Waals surface area contributed by atoms with Crippen molar-refractivity contribution in [3.63, 3.8) is 0 Å². The van der Waals surface area contributed by atoms with Crippen LogP contribution in [0.5, 0.6) is 0 Å². The lowest BCUT2D eigenvalue weighted by Crippen LogP contribution is -2.41. The van der Waals surface area contributed by atoms with E-state index < -0.39 is 0 Å². The zero-order chi connectivity index (χ0) is 13.2. The first-order valence-electron chi connectivity index (χ1n) is 7.45. The SMILES string of the molecule is CC1CCNC(C2CC2)CN1Cc1ccccc1F. The molecule has 1 N–H and O–H groups in total. The summed E-state index contributed by atoms with van der Waals surface area (Å²) in [6.07, 6.45) is 3.87. The quantitative estimate of drug-likeness (QED) is 0.901. The van der Waals surface area contributed by atoms with Crippen LogP contribution in [0.25, 0.3) is 0 Å². The van der Waals surface area contributed by atoms with Crippen LogP contribution in [0.1, 0.15) is 31.7 Å². The average molecular weight is 262 g/mol. The van der Waals surface area contributed by atoms with Gasteiger partial charge in [-0.3, -0.25) is 4.90 Å². The van der Waals surface area contributed by atoms with Gasteiger partial charge in [-0.25, -0.2) is 4.39 Å². The molecule has 0 bridgehead atoms. The van der Waals surface area contributed by atoms with Crippen LogP contribution in [0, 0.1) is 11.7 Å². The largest absolute Gasteiger partial charge is 0.312 e. The summed E-state index contributed by atoms with van der Waals surface area (Å²) in [5.41, 5.74) is 0.825. The lowest BCUT2D eigenvalue weighted by molar-refractivity contribution is 0.188. The van der Waals surface area contributed by atoms with Gasteiger partial charge in [-0.15, -0.1) is 0 Å². The molecule has 0 spiro atoms. The number of hydrogen-bond acceptors (Lipinski definition) is 2. The molecule has 2 aliphatic rings. The molecule has 0 aromatic heterocycles. The molecule has 1 heterocycles. The lowest BCUT2D eigenvalue weighted by atomic mass is 10.1. The molecule has 19 heavy (non-hydrogen) atoms. The number of benzene rings is 1. The molecule has 1 aliphatic carbocycles. The summed E-state index contributed by atoms with van der Waals surface area (Å²) < 4.78 is 13.8. The highest BCUT2D eigenvalue weighted by molar-refractivity contribution is 5.17. The predicted molar refractivity (Wildman–Crippen MR) is 75.4 cm³/mol. The van der Waals surface area contributed by atoms with Gasteiger partial charge in [-0.05, 0) is 44.7 Å². The molecule has 1 aromatic carbocycles. The van der Waals surface area contributed by atoms with Gasteiger partial charge in [0, 0.05) is 30.7 Å². The fourth-order valence-electron chi connectivity index (χ4n) is 3.04. The molecule has 2 fully saturated rings. The van der Waals surface area contributed by atoms with Gasteiger partial charge >= 0.3 is 0 Å². The summed E-state index contributed by atoms with van der Waals surface area (Å²) in [4.78, 5) is 2.45.